The van der Waals surface area contributed by atoms with Gasteiger partial charge in [-0.05, 0) is 47.9 Å². The number of thiazole rings is 1. The van der Waals surface area contributed by atoms with E-state index >= 15 is 0 Å². The minimum absolute atomic E-state index is 0.0433. The number of fused-ring (bicyclic) bond motifs is 1. The molecule has 0 saturated heterocycles. The number of carbonyl (C=O) groups is 1. The van der Waals surface area contributed by atoms with Crippen molar-refractivity contribution in [2.45, 2.75) is 24.8 Å². The van der Waals surface area contributed by atoms with E-state index in [9.17, 15) is 4.79 Å². The summed E-state index contributed by atoms with van der Waals surface area (Å²) in [5.74, 6) is 1.19. The van der Waals surface area contributed by atoms with Gasteiger partial charge in [-0.1, -0.05) is 60.7 Å². The summed E-state index contributed by atoms with van der Waals surface area (Å²) in [5, 5.41) is 0.750. The van der Waals surface area contributed by atoms with Crippen molar-refractivity contribution in [1.82, 2.24) is 4.98 Å². The maximum Gasteiger partial charge on any atom is 0.239 e. The SMILES string of the molecule is CCc1cccc2sc(N(Cc3ccccc3)C(=O)CSc3ccc(OC)cc3)nc12. The number of thioether (sulfide) groups is 1. The number of methoxy groups -OCH3 is 1. The average Bonchev–Trinajstić information content (AvgIpc) is 3.26. The van der Waals surface area contributed by atoms with E-state index < -0.39 is 0 Å². The van der Waals surface area contributed by atoms with Crippen molar-refractivity contribution >= 4 is 44.4 Å². The fourth-order valence-corrected chi connectivity index (χ4v) is 5.12. The Labute approximate surface area is 190 Å². The average molecular weight is 449 g/mol. The number of hydrogen-bond acceptors (Lipinski definition) is 5. The minimum Gasteiger partial charge on any atom is -0.497 e. The maximum atomic E-state index is 13.3. The monoisotopic (exact) mass is 448 g/mol. The molecule has 31 heavy (non-hydrogen) atoms. The molecule has 4 rings (SSSR count). The molecule has 0 aliphatic heterocycles. The van der Waals surface area contributed by atoms with E-state index in [-0.39, 0.29) is 5.91 Å². The molecule has 1 amide bonds. The molecule has 3 aromatic carbocycles. The van der Waals surface area contributed by atoms with Crippen LogP contribution in [0.1, 0.15) is 18.1 Å². The molecule has 1 heterocycles. The fourth-order valence-electron chi connectivity index (χ4n) is 3.32. The van der Waals surface area contributed by atoms with Gasteiger partial charge in [0, 0.05) is 4.90 Å². The molecule has 1 aromatic heterocycles. The van der Waals surface area contributed by atoms with Gasteiger partial charge in [0.25, 0.3) is 0 Å². The summed E-state index contributed by atoms with van der Waals surface area (Å²) in [6, 6.07) is 24.1. The van der Waals surface area contributed by atoms with Gasteiger partial charge in [-0.25, -0.2) is 4.98 Å². The first-order valence-corrected chi connectivity index (χ1v) is 12.0. The molecule has 158 valence electrons. The number of ether oxygens (including phenoxy) is 1. The number of aromatic nitrogens is 1. The van der Waals surface area contributed by atoms with Crippen molar-refractivity contribution in [1.29, 1.82) is 0 Å². The van der Waals surface area contributed by atoms with Gasteiger partial charge in [0.1, 0.15) is 5.75 Å². The van der Waals surface area contributed by atoms with Gasteiger partial charge in [-0.2, -0.15) is 0 Å². The molecule has 4 aromatic rings. The third-order valence-electron chi connectivity index (χ3n) is 5.01. The Morgan fingerprint density at radius 3 is 2.52 bits per heavy atom. The molecule has 0 N–H and O–H groups in total. The maximum absolute atomic E-state index is 13.3. The van der Waals surface area contributed by atoms with Crippen LogP contribution in [-0.4, -0.2) is 23.8 Å². The summed E-state index contributed by atoms with van der Waals surface area (Å²) in [4.78, 5) is 21.0. The van der Waals surface area contributed by atoms with Gasteiger partial charge < -0.3 is 4.74 Å². The van der Waals surface area contributed by atoms with Crippen molar-refractivity contribution in [2.75, 3.05) is 17.8 Å². The van der Waals surface area contributed by atoms with E-state index in [1.807, 2.05) is 59.5 Å². The number of amides is 1. The number of rotatable bonds is 8. The van der Waals surface area contributed by atoms with Crippen molar-refractivity contribution in [3.05, 3.63) is 83.9 Å². The number of para-hydroxylation sites is 1. The number of benzene rings is 3. The lowest BCUT2D eigenvalue weighted by molar-refractivity contribution is -0.116. The van der Waals surface area contributed by atoms with Crippen LogP contribution in [0.5, 0.6) is 5.75 Å². The van der Waals surface area contributed by atoms with Crippen molar-refractivity contribution in [2.24, 2.45) is 0 Å². The molecule has 0 bridgehead atoms. The van der Waals surface area contributed by atoms with Crippen LogP contribution in [0.25, 0.3) is 10.2 Å². The van der Waals surface area contributed by atoms with E-state index in [4.69, 9.17) is 9.72 Å². The van der Waals surface area contributed by atoms with Crippen molar-refractivity contribution in [3.63, 3.8) is 0 Å². The Kier molecular flexibility index (Phi) is 6.89. The smallest absolute Gasteiger partial charge is 0.239 e. The second kappa shape index (κ2) is 9.98. The highest BCUT2D eigenvalue weighted by Crippen LogP contribution is 2.33. The summed E-state index contributed by atoms with van der Waals surface area (Å²) in [5.41, 5.74) is 3.29. The van der Waals surface area contributed by atoms with Gasteiger partial charge in [0.05, 0.1) is 29.6 Å². The first kappa shape index (κ1) is 21.4. The minimum atomic E-state index is 0.0433. The molecule has 0 aliphatic rings. The highest BCUT2D eigenvalue weighted by molar-refractivity contribution is 8.00. The second-order valence-corrected chi connectivity index (χ2v) is 9.10. The highest BCUT2D eigenvalue weighted by atomic mass is 32.2. The predicted octanol–water partition coefficient (Wildman–Crippen LogP) is 6.19. The van der Waals surface area contributed by atoms with Crippen LogP contribution >= 0.6 is 23.1 Å². The molecule has 6 heteroatoms. The van der Waals surface area contributed by atoms with Gasteiger partial charge in [0.2, 0.25) is 5.91 Å². The third kappa shape index (κ3) is 5.09. The number of anilines is 1. The number of carbonyl (C=O) groups excluding carboxylic acids is 1. The summed E-state index contributed by atoms with van der Waals surface area (Å²) < 4.78 is 6.33. The van der Waals surface area contributed by atoms with E-state index in [1.54, 1.807) is 18.4 Å². The molecule has 0 atom stereocenters. The van der Waals surface area contributed by atoms with Crippen LogP contribution in [-0.2, 0) is 17.8 Å². The summed E-state index contributed by atoms with van der Waals surface area (Å²) >= 11 is 3.10. The zero-order valence-corrected chi connectivity index (χ0v) is 19.2. The Morgan fingerprint density at radius 1 is 1.03 bits per heavy atom. The van der Waals surface area contributed by atoms with Gasteiger partial charge in [-0.3, -0.25) is 9.69 Å². The summed E-state index contributed by atoms with van der Waals surface area (Å²) in [6.07, 6.45) is 0.917. The molecular formula is C25H24N2O2S2. The molecule has 0 unspecified atom stereocenters. The van der Waals surface area contributed by atoms with E-state index in [0.29, 0.717) is 12.3 Å². The lowest BCUT2D eigenvalue weighted by atomic mass is 10.1. The third-order valence-corrected chi connectivity index (χ3v) is 7.05. The van der Waals surface area contributed by atoms with Crippen LogP contribution in [0.4, 0.5) is 5.13 Å². The lowest BCUT2D eigenvalue weighted by Gasteiger charge is -2.20. The van der Waals surface area contributed by atoms with E-state index in [2.05, 4.69) is 25.1 Å². The normalized spacial score (nSPS) is 10.9. The first-order valence-electron chi connectivity index (χ1n) is 10.2. The van der Waals surface area contributed by atoms with E-state index in [1.165, 1.54) is 17.3 Å². The highest BCUT2D eigenvalue weighted by Gasteiger charge is 2.21. The Bertz CT molecular complexity index is 1160. The molecule has 0 saturated carbocycles. The predicted molar refractivity (Wildman–Crippen MR) is 130 cm³/mol. The zero-order chi connectivity index (χ0) is 21.6. The number of aryl methyl sites for hydroxylation is 1. The summed E-state index contributed by atoms with van der Waals surface area (Å²) in [6.45, 7) is 2.64. The standard InChI is InChI=1S/C25H24N2O2S2/c1-3-19-10-7-11-22-24(19)26-25(31-22)27(16-18-8-5-4-6-9-18)23(28)17-30-21-14-12-20(29-2)13-15-21/h4-15H,3,16-17H2,1-2H3. The van der Waals surface area contributed by atoms with Gasteiger partial charge in [-0.15, -0.1) is 11.8 Å². The topological polar surface area (TPSA) is 42.4 Å². The van der Waals surface area contributed by atoms with Gasteiger partial charge in [0.15, 0.2) is 5.13 Å². The van der Waals surface area contributed by atoms with Crippen LogP contribution in [0.2, 0.25) is 0 Å². The largest absolute Gasteiger partial charge is 0.497 e. The van der Waals surface area contributed by atoms with Crippen molar-refractivity contribution < 1.29 is 9.53 Å². The number of hydrogen-bond donors (Lipinski definition) is 0. The Balaban J connectivity index is 1.59. The Hall–Kier alpha value is -2.83. The molecule has 0 spiro atoms. The van der Waals surface area contributed by atoms with Crippen molar-refractivity contribution in [3.8, 4) is 5.75 Å². The molecular weight excluding hydrogens is 424 g/mol. The second-order valence-electron chi connectivity index (χ2n) is 7.04. The molecule has 0 aliphatic carbocycles. The fraction of sp³-hybridized carbons (Fsp3) is 0.200. The van der Waals surface area contributed by atoms with Crippen LogP contribution in [0, 0.1) is 0 Å². The Morgan fingerprint density at radius 2 is 1.81 bits per heavy atom. The molecule has 4 nitrogen and oxygen atoms in total. The number of nitrogens with zero attached hydrogens (tertiary/aromatic N) is 2. The van der Waals surface area contributed by atoms with Crippen LogP contribution < -0.4 is 9.64 Å². The van der Waals surface area contributed by atoms with Crippen LogP contribution in [0.3, 0.4) is 0 Å². The summed E-state index contributed by atoms with van der Waals surface area (Å²) in [7, 11) is 1.65. The first-order chi connectivity index (χ1) is 15.2. The zero-order valence-electron chi connectivity index (χ0n) is 17.6. The van der Waals surface area contributed by atoms with Gasteiger partial charge >= 0.3 is 0 Å². The van der Waals surface area contributed by atoms with Crippen LogP contribution in [0.15, 0.2) is 77.7 Å². The quantitative estimate of drug-likeness (QED) is 0.301. The van der Waals surface area contributed by atoms with E-state index in [0.717, 1.165) is 38.0 Å². The molecule has 0 radical (unpaired) electrons. The lowest BCUT2D eigenvalue weighted by Crippen LogP contribution is -2.31. The molecule has 0 fully saturated rings.